The lowest BCUT2D eigenvalue weighted by molar-refractivity contribution is -0.183. The molecule has 0 spiro atoms. The molecule has 0 aliphatic heterocycles. The summed E-state index contributed by atoms with van der Waals surface area (Å²) in [5, 5.41) is 8.87. The standard InChI is InChI=1S/C11H12F3NO3/c12-11(13,14)7-3-1-2-6(4-7)9-8(10(16)17)15-5-18-9/h5-7H,1-4H2,(H,16,17). The maximum Gasteiger partial charge on any atom is 0.391 e. The Morgan fingerprint density at radius 2 is 2.17 bits per heavy atom. The molecule has 1 N–H and O–H groups in total. The van der Waals surface area contributed by atoms with Gasteiger partial charge in [0, 0.05) is 5.92 Å². The molecule has 4 nitrogen and oxygen atoms in total. The Hall–Kier alpha value is -1.53. The molecule has 1 aliphatic rings. The fraction of sp³-hybridized carbons (Fsp3) is 0.636. The van der Waals surface area contributed by atoms with E-state index in [4.69, 9.17) is 9.52 Å². The van der Waals surface area contributed by atoms with Crippen molar-refractivity contribution >= 4 is 5.97 Å². The first-order valence-corrected chi connectivity index (χ1v) is 5.63. The molecule has 1 aromatic rings. The maximum absolute atomic E-state index is 12.7. The fourth-order valence-corrected chi connectivity index (χ4v) is 2.43. The number of aromatic nitrogens is 1. The van der Waals surface area contributed by atoms with E-state index < -0.39 is 24.0 Å². The second-order valence-corrected chi connectivity index (χ2v) is 4.47. The molecule has 2 unspecified atom stereocenters. The molecule has 2 rings (SSSR count). The molecule has 1 fully saturated rings. The zero-order chi connectivity index (χ0) is 13.3. The summed E-state index contributed by atoms with van der Waals surface area (Å²) in [6.07, 6.45) is -2.38. The number of carbonyl (C=O) groups is 1. The van der Waals surface area contributed by atoms with Gasteiger partial charge in [0.1, 0.15) is 5.76 Å². The van der Waals surface area contributed by atoms with Gasteiger partial charge >= 0.3 is 12.1 Å². The highest BCUT2D eigenvalue weighted by molar-refractivity contribution is 5.86. The summed E-state index contributed by atoms with van der Waals surface area (Å²) >= 11 is 0. The Morgan fingerprint density at radius 3 is 2.78 bits per heavy atom. The molecular weight excluding hydrogens is 251 g/mol. The summed E-state index contributed by atoms with van der Waals surface area (Å²) in [6.45, 7) is 0. The van der Waals surface area contributed by atoms with Crippen molar-refractivity contribution in [1.82, 2.24) is 4.98 Å². The van der Waals surface area contributed by atoms with Crippen molar-refractivity contribution in [1.29, 1.82) is 0 Å². The Labute approximate surface area is 101 Å². The lowest BCUT2D eigenvalue weighted by Gasteiger charge is -2.29. The van der Waals surface area contributed by atoms with E-state index in [2.05, 4.69) is 4.98 Å². The van der Waals surface area contributed by atoms with Gasteiger partial charge in [-0.15, -0.1) is 0 Å². The number of carboxylic acid groups (broad SMARTS) is 1. The fourth-order valence-electron chi connectivity index (χ4n) is 2.43. The first-order valence-electron chi connectivity index (χ1n) is 5.63. The highest BCUT2D eigenvalue weighted by atomic mass is 19.4. The number of aromatic carboxylic acids is 1. The second kappa shape index (κ2) is 4.62. The number of hydrogen-bond donors (Lipinski definition) is 1. The number of rotatable bonds is 2. The van der Waals surface area contributed by atoms with Crippen LogP contribution in [-0.4, -0.2) is 22.2 Å². The minimum absolute atomic E-state index is 0.0662. The van der Waals surface area contributed by atoms with Crippen molar-refractivity contribution in [3.05, 3.63) is 17.8 Å². The van der Waals surface area contributed by atoms with E-state index in [9.17, 15) is 18.0 Å². The smallest absolute Gasteiger partial charge is 0.391 e. The average molecular weight is 263 g/mol. The predicted molar refractivity (Wildman–Crippen MR) is 54.2 cm³/mol. The van der Waals surface area contributed by atoms with Gasteiger partial charge in [0.2, 0.25) is 0 Å². The van der Waals surface area contributed by atoms with Crippen LogP contribution in [0, 0.1) is 5.92 Å². The van der Waals surface area contributed by atoms with Gasteiger partial charge in [-0.3, -0.25) is 0 Å². The Balaban J connectivity index is 2.18. The van der Waals surface area contributed by atoms with Crippen LogP contribution in [0.2, 0.25) is 0 Å². The molecule has 100 valence electrons. The molecule has 0 bridgehead atoms. The van der Waals surface area contributed by atoms with E-state index in [1.54, 1.807) is 0 Å². The second-order valence-electron chi connectivity index (χ2n) is 4.47. The predicted octanol–water partition coefficient (Wildman–Crippen LogP) is 3.21. The molecule has 1 heterocycles. The summed E-state index contributed by atoms with van der Waals surface area (Å²) in [4.78, 5) is 14.4. The number of halogens is 3. The van der Waals surface area contributed by atoms with Gasteiger partial charge in [-0.1, -0.05) is 6.42 Å². The zero-order valence-corrected chi connectivity index (χ0v) is 9.41. The van der Waals surface area contributed by atoms with Gasteiger partial charge in [-0.25, -0.2) is 9.78 Å². The van der Waals surface area contributed by atoms with Gasteiger partial charge < -0.3 is 9.52 Å². The minimum atomic E-state index is -4.23. The molecule has 1 saturated carbocycles. The highest BCUT2D eigenvalue weighted by Crippen LogP contribution is 2.44. The van der Waals surface area contributed by atoms with Crippen LogP contribution in [0.25, 0.3) is 0 Å². The third-order valence-corrected chi connectivity index (χ3v) is 3.31. The number of carboxylic acids is 1. The third-order valence-electron chi connectivity index (χ3n) is 3.31. The van der Waals surface area contributed by atoms with Crippen LogP contribution in [0.1, 0.15) is 47.8 Å². The summed E-state index contributed by atoms with van der Waals surface area (Å²) in [5.41, 5.74) is -0.275. The molecule has 1 aliphatic carbocycles. The quantitative estimate of drug-likeness (QED) is 0.889. The number of oxazole rings is 1. The number of hydrogen-bond acceptors (Lipinski definition) is 3. The topological polar surface area (TPSA) is 63.3 Å². The van der Waals surface area contributed by atoms with Crippen LogP contribution < -0.4 is 0 Å². The van der Waals surface area contributed by atoms with Gasteiger partial charge in [-0.05, 0) is 19.3 Å². The lowest BCUT2D eigenvalue weighted by Crippen LogP contribution is -2.28. The van der Waals surface area contributed by atoms with E-state index in [0.717, 1.165) is 6.39 Å². The molecule has 0 aromatic carbocycles. The van der Waals surface area contributed by atoms with E-state index in [1.807, 2.05) is 0 Å². The van der Waals surface area contributed by atoms with Crippen molar-refractivity contribution < 1.29 is 27.5 Å². The highest BCUT2D eigenvalue weighted by Gasteiger charge is 2.43. The summed E-state index contributed by atoms with van der Waals surface area (Å²) < 4.78 is 42.9. The van der Waals surface area contributed by atoms with Crippen LogP contribution in [0.4, 0.5) is 13.2 Å². The molecule has 0 saturated heterocycles. The molecule has 0 radical (unpaired) electrons. The van der Waals surface area contributed by atoms with E-state index in [-0.39, 0.29) is 24.3 Å². The monoisotopic (exact) mass is 263 g/mol. The number of alkyl halides is 3. The van der Waals surface area contributed by atoms with Crippen LogP contribution >= 0.6 is 0 Å². The van der Waals surface area contributed by atoms with Gasteiger partial charge in [0.05, 0.1) is 5.92 Å². The van der Waals surface area contributed by atoms with Crippen molar-refractivity contribution in [2.24, 2.45) is 5.92 Å². The van der Waals surface area contributed by atoms with E-state index in [0.29, 0.717) is 12.8 Å². The van der Waals surface area contributed by atoms with Crippen LogP contribution in [-0.2, 0) is 0 Å². The minimum Gasteiger partial charge on any atom is -0.476 e. The van der Waals surface area contributed by atoms with E-state index in [1.165, 1.54) is 0 Å². The largest absolute Gasteiger partial charge is 0.476 e. The van der Waals surface area contributed by atoms with Crippen molar-refractivity contribution in [3.63, 3.8) is 0 Å². The number of nitrogens with zero attached hydrogens (tertiary/aromatic N) is 1. The lowest BCUT2D eigenvalue weighted by atomic mass is 9.79. The first kappa shape index (κ1) is 12.9. The Bertz CT molecular complexity index is 441. The summed E-state index contributed by atoms with van der Waals surface area (Å²) in [6, 6.07) is 0. The van der Waals surface area contributed by atoms with Gasteiger partial charge in [0.25, 0.3) is 0 Å². The first-order chi connectivity index (χ1) is 8.39. The van der Waals surface area contributed by atoms with Crippen molar-refractivity contribution in [3.8, 4) is 0 Å². The van der Waals surface area contributed by atoms with Crippen LogP contribution in [0.5, 0.6) is 0 Å². The molecule has 2 atom stereocenters. The SMILES string of the molecule is O=C(O)c1ncoc1C1CCCC(C(F)(F)F)C1. The molecule has 18 heavy (non-hydrogen) atoms. The van der Waals surface area contributed by atoms with Crippen LogP contribution in [0.3, 0.4) is 0 Å². The van der Waals surface area contributed by atoms with E-state index >= 15 is 0 Å². The van der Waals surface area contributed by atoms with Gasteiger partial charge in [-0.2, -0.15) is 13.2 Å². The normalized spacial score (nSPS) is 25.1. The average Bonchev–Trinajstić information content (AvgIpc) is 2.77. The third kappa shape index (κ3) is 2.49. The summed E-state index contributed by atoms with van der Waals surface area (Å²) in [7, 11) is 0. The molecule has 0 amide bonds. The Morgan fingerprint density at radius 1 is 1.44 bits per heavy atom. The Kier molecular flexibility index (Phi) is 3.32. The van der Waals surface area contributed by atoms with Gasteiger partial charge in [0.15, 0.2) is 12.1 Å². The van der Waals surface area contributed by atoms with Crippen LogP contribution in [0.15, 0.2) is 10.8 Å². The molecular formula is C11H12F3NO3. The van der Waals surface area contributed by atoms with Crippen molar-refractivity contribution in [2.75, 3.05) is 0 Å². The molecule has 7 heteroatoms. The molecule has 1 aromatic heterocycles. The zero-order valence-electron chi connectivity index (χ0n) is 9.41. The summed E-state index contributed by atoms with van der Waals surface area (Å²) in [5.74, 6) is -3.11. The van der Waals surface area contributed by atoms with Crippen molar-refractivity contribution in [2.45, 2.75) is 37.8 Å². The maximum atomic E-state index is 12.7.